The number of carbonyl (C=O) groups excluding carboxylic acids is 1. The van der Waals surface area contributed by atoms with Gasteiger partial charge >= 0.3 is 0 Å². The molecule has 36 heavy (non-hydrogen) atoms. The Morgan fingerprint density at radius 3 is 2.81 bits per heavy atom. The Bertz CT molecular complexity index is 1410. The first-order chi connectivity index (χ1) is 17.4. The number of fused-ring (bicyclic) bond motifs is 1. The lowest BCUT2D eigenvalue weighted by Crippen LogP contribution is -2.35. The molecule has 0 aliphatic carbocycles. The summed E-state index contributed by atoms with van der Waals surface area (Å²) in [5, 5.41) is 3.30. The molecule has 1 N–H and O–H groups in total. The van der Waals surface area contributed by atoms with E-state index in [9.17, 15) is 9.59 Å². The number of carbonyl (C=O) groups is 1. The number of aromatic nitrogens is 2. The van der Waals surface area contributed by atoms with E-state index >= 15 is 0 Å². The van der Waals surface area contributed by atoms with Gasteiger partial charge in [-0.3, -0.25) is 18.9 Å². The number of hydrogen-bond donors (Lipinski definition) is 1. The van der Waals surface area contributed by atoms with Gasteiger partial charge in [0.25, 0.3) is 11.5 Å². The van der Waals surface area contributed by atoms with E-state index in [-0.39, 0.29) is 17.6 Å². The maximum atomic E-state index is 13.6. The monoisotopic (exact) mass is 522 g/mol. The van der Waals surface area contributed by atoms with Gasteiger partial charge in [-0.05, 0) is 55.2 Å². The fourth-order valence-electron chi connectivity index (χ4n) is 4.29. The van der Waals surface area contributed by atoms with Gasteiger partial charge in [-0.25, -0.2) is 4.98 Å². The standard InChI is InChI=1S/C26H26N4O4S2/c1-16-5-3-11-29-23(16)28-22(27-14-17-7-9-18(33-2)10-8-17)20(24(29)31)13-21-25(32)30(26(35)36-21)15-19-6-4-12-34-19/h3,5,7-11,13,19,27H,4,6,12,14-15H2,1-2H3/b21-13-/t19-/m1/s1. The first-order valence-corrected chi connectivity index (χ1v) is 12.9. The van der Waals surface area contributed by atoms with Crippen LogP contribution in [0.1, 0.15) is 29.5 Å². The van der Waals surface area contributed by atoms with E-state index in [1.54, 1.807) is 30.3 Å². The molecule has 0 unspecified atom stereocenters. The number of methoxy groups -OCH3 is 1. The van der Waals surface area contributed by atoms with Crippen LogP contribution in [0.25, 0.3) is 11.7 Å². The number of pyridine rings is 1. The smallest absolute Gasteiger partial charge is 0.267 e. The zero-order chi connectivity index (χ0) is 25.2. The molecule has 0 bridgehead atoms. The summed E-state index contributed by atoms with van der Waals surface area (Å²) in [6.45, 7) is 3.49. The second-order valence-electron chi connectivity index (χ2n) is 8.69. The van der Waals surface area contributed by atoms with Crippen LogP contribution in [0.15, 0.2) is 52.3 Å². The molecule has 2 aliphatic heterocycles. The zero-order valence-electron chi connectivity index (χ0n) is 20.0. The van der Waals surface area contributed by atoms with Gasteiger partial charge in [-0.2, -0.15) is 0 Å². The molecule has 0 saturated carbocycles. The Morgan fingerprint density at radius 1 is 1.28 bits per heavy atom. The number of rotatable bonds is 7. The summed E-state index contributed by atoms with van der Waals surface area (Å²) in [5.74, 6) is 0.965. The molecular formula is C26H26N4O4S2. The van der Waals surface area contributed by atoms with E-state index in [0.717, 1.165) is 29.7 Å². The Morgan fingerprint density at radius 2 is 2.08 bits per heavy atom. The summed E-state index contributed by atoms with van der Waals surface area (Å²) in [6.07, 6.45) is 5.17. The van der Waals surface area contributed by atoms with Crippen molar-refractivity contribution in [3.05, 3.63) is 74.5 Å². The Balaban J connectivity index is 1.50. The van der Waals surface area contributed by atoms with Gasteiger partial charge in [0.1, 0.15) is 21.5 Å². The minimum absolute atomic E-state index is 0.00971. The average molecular weight is 523 g/mol. The van der Waals surface area contributed by atoms with Crippen molar-refractivity contribution in [2.75, 3.05) is 25.6 Å². The summed E-state index contributed by atoms with van der Waals surface area (Å²) >= 11 is 6.69. The summed E-state index contributed by atoms with van der Waals surface area (Å²) in [4.78, 5) is 33.5. The zero-order valence-corrected chi connectivity index (χ0v) is 21.7. The summed E-state index contributed by atoms with van der Waals surface area (Å²) < 4.78 is 12.9. The van der Waals surface area contributed by atoms with Gasteiger partial charge in [-0.1, -0.05) is 42.2 Å². The molecule has 2 fully saturated rings. The molecule has 5 rings (SSSR count). The fourth-order valence-corrected chi connectivity index (χ4v) is 5.54. The molecular weight excluding hydrogens is 496 g/mol. The lowest BCUT2D eigenvalue weighted by Gasteiger charge is -2.18. The largest absolute Gasteiger partial charge is 0.497 e. The van der Waals surface area contributed by atoms with Crippen LogP contribution in [0.5, 0.6) is 5.75 Å². The molecule has 2 aromatic heterocycles. The van der Waals surface area contributed by atoms with Crippen LogP contribution in [-0.4, -0.2) is 50.9 Å². The van der Waals surface area contributed by atoms with E-state index in [1.807, 2.05) is 37.3 Å². The maximum Gasteiger partial charge on any atom is 0.267 e. The molecule has 1 atom stereocenters. The Kier molecular flexibility index (Phi) is 7.08. The van der Waals surface area contributed by atoms with Crippen LogP contribution >= 0.6 is 24.0 Å². The second kappa shape index (κ2) is 10.4. The normalized spacial score (nSPS) is 19.0. The van der Waals surface area contributed by atoms with Crippen molar-refractivity contribution in [3.63, 3.8) is 0 Å². The third kappa shape index (κ3) is 4.88. The number of thioether (sulfide) groups is 1. The number of thiocarbonyl (C=S) groups is 1. The highest BCUT2D eigenvalue weighted by Crippen LogP contribution is 2.34. The number of amides is 1. The molecule has 2 aliphatic rings. The number of hydrogen-bond acceptors (Lipinski definition) is 8. The van der Waals surface area contributed by atoms with Crippen LogP contribution in [0.4, 0.5) is 5.82 Å². The van der Waals surface area contributed by atoms with Crippen LogP contribution < -0.4 is 15.6 Å². The molecule has 4 heterocycles. The average Bonchev–Trinajstić information content (AvgIpc) is 3.49. The first-order valence-electron chi connectivity index (χ1n) is 11.7. The number of aryl methyl sites for hydroxylation is 1. The summed E-state index contributed by atoms with van der Waals surface area (Å²) in [6, 6.07) is 11.4. The second-order valence-corrected chi connectivity index (χ2v) is 10.4. The molecule has 1 aromatic carbocycles. The number of anilines is 1. The fraction of sp³-hybridized carbons (Fsp3) is 0.308. The highest BCUT2D eigenvalue weighted by Gasteiger charge is 2.35. The van der Waals surface area contributed by atoms with Crippen LogP contribution in [-0.2, 0) is 16.1 Å². The Labute approximate surface area is 218 Å². The number of benzene rings is 1. The number of nitrogens with zero attached hydrogens (tertiary/aromatic N) is 3. The number of ether oxygens (including phenoxy) is 2. The molecule has 10 heteroatoms. The molecule has 8 nitrogen and oxygen atoms in total. The molecule has 3 aromatic rings. The minimum atomic E-state index is -0.259. The van der Waals surface area contributed by atoms with E-state index in [4.69, 9.17) is 26.7 Å². The van der Waals surface area contributed by atoms with Gasteiger partial charge in [0.05, 0.1) is 30.2 Å². The van der Waals surface area contributed by atoms with Crippen molar-refractivity contribution in [2.45, 2.75) is 32.4 Å². The van der Waals surface area contributed by atoms with Crippen LogP contribution in [0.2, 0.25) is 0 Å². The van der Waals surface area contributed by atoms with Gasteiger partial charge in [-0.15, -0.1) is 0 Å². The van der Waals surface area contributed by atoms with Gasteiger partial charge < -0.3 is 14.8 Å². The first kappa shape index (κ1) is 24.5. The van der Waals surface area contributed by atoms with E-state index in [1.165, 1.54) is 16.2 Å². The van der Waals surface area contributed by atoms with Crippen molar-refractivity contribution < 1.29 is 14.3 Å². The maximum absolute atomic E-state index is 13.6. The van der Waals surface area contributed by atoms with Gasteiger partial charge in [0, 0.05) is 19.3 Å². The third-order valence-electron chi connectivity index (χ3n) is 6.26. The highest BCUT2D eigenvalue weighted by molar-refractivity contribution is 8.26. The van der Waals surface area contributed by atoms with E-state index < -0.39 is 0 Å². The van der Waals surface area contributed by atoms with Crippen LogP contribution in [0, 0.1) is 6.92 Å². The minimum Gasteiger partial charge on any atom is -0.497 e. The number of nitrogens with one attached hydrogen (secondary N) is 1. The predicted octanol–water partition coefficient (Wildman–Crippen LogP) is 4.00. The van der Waals surface area contributed by atoms with Crippen molar-refractivity contribution in [1.82, 2.24) is 14.3 Å². The molecule has 0 spiro atoms. The van der Waals surface area contributed by atoms with E-state index in [2.05, 4.69) is 5.32 Å². The van der Waals surface area contributed by atoms with Gasteiger partial charge in [0.2, 0.25) is 0 Å². The lowest BCUT2D eigenvalue weighted by atomic mass is 10.2. The Hall–Kier alpha value is -3.21. The van der Waals surface area contributed by atoms with Crippen molar-refractivity contribution in [3.8, 4) is 5.75 Å². The summed E-state index contributed by atoms with van der Waals surface area (Å²) in [7, 11) is 1.62. The van der Waals surface area contributed by atoms with Crippen molar-refractivity contribution in [2.24, 2.45) is 0 Å². The van der Waals surface area contributed by atoms with Crippen LogP contribution in [0.3, 0.4) is 0 Å². The predicted molar refractivity (Wildman–Crippen MR) is 145 cm³/mol. The highest BCUT2D eigenvalue weighted by atomic mass is 32.2. The quantitative estimate of drug-likeness (QED) is 0.368. The molecule has 0 radical (unpaired) electrons. The SMILES string of the molecule is COc1ccc(CNc2nc3c(C)cccn3c(=O)c2/C=C2\SC(=S)N(C[C@H]3CCCO3)C2=O)cc1. The molecule has 2 saturated heterocycles. The topological polar surface area (TPSA) is 85.2 Å². The molecule has 1 amide bonds. The third-order valence-corrected chi connectivity index (χ3v) is 7.64. The lowest BCUT2D eigenvalue weighted by molar-refractivity contribution is -0.123. The van der Waals surface area contributed by atoms with Crippen molar-refractivity contribution in [1.29, 1.82) is 0 Å². The van der Waals surface area contributed by atoms with Gasteiger partial charge in [0.15, 0.2) is 0 Å². The van der Waals surface area contributed by atoms with Crippen molar-refractivity contribution >= 4 is 51.7 Å². The summed E-state index contributed by atoms with van der Waals surface area (Å²) in [5.41, 5.74) is 2.48. The van der Waals surface area contributed by atoms with E-state index in [0.29, 0.717) is 46.0 Å². The molecule has 186 valence electrons.